The van der Waals surface area contributed by atoms with Crippen LogP contribution in [0.3, 0.4) is 0 Å². The second-order valence-corrected chi connectivity index (χ2v) is 5.29. The van der Waals surface area contributed by atoms with Crippen molar-refractivity contribution < 1.29 is 14.3 Å². The standard InChI is InChI=1S/C18H16O3/c1-21-18(20)15-9-14-8-7-13(10-16(14)17(19)11-15)12-5-3-2-4-6-12/h2-8,10,15H,9,11H2,1H3. The average molecular weight is 280 g/mol. The van der Waals surface area contributed by atoms with Gasteiger partial charge in [-0.25, -0.2) is 0 Å². The van der Waals surface area contributed by atoms with Gasteiger partial charge in [-0.3, -0.25) is 9.59 Å². The summed E-state index contributed by atoms with van der Waals surface area (Å²) in [7, 11) is 1.36. The number of carbonyl (C=O) groups is 2. The highest BCUT2D eigenvalue weighted by Gasteiger charge is 2.30. The zero-order valence-corrected chi connectivity index (χ0v) is 11.8. The number of Topliss-reactive ketones (excluding diaryl/α,β-unsaturated/α-hetero) is 1. The SMILES string of the molecule is COC(=O)C1CC(=O)c2cc(-c3ccccc3)ccc2C1. The molecule has 0 saturated carbocycles. The summed E-state index contributed by atoms with van der Waals surface area (Å²) in [6.45, 7) is 0. The molecule has 0 bridgehead atoms. The summed E-state index contributed by atoms with van der Waals surface area (Å²) < 4.78 is 4.75. The van der Waals surface area contributed by atoms with E-state index < -0.39 is 0 Å². The monoisotopic (exact) mass is 280 g/mol. The molecule has 2 aromatic carbocycles. The second kappa shape index (κ2) is 5.52. The fourth-order valence-corrected chi connectivity index (χ4v) is 2.83. The van der Waals surface area contributed by atoms with E-state index >= 15 is 0 Å². The Labute approximate surface area is 123 Å². The fourth-order valence-electron chi connectivity index (χ4n) is 2.83. The molecule has 3 rings (SSSR count). The van der Waals surface area contributed by atoms with Crippen molar-refractivity contribution in [1.82, 2.24) is 0 Å². The van der Waals surface area contributed by atoms with E-state index in [0.717, 1.165) is 22.3 Å². The molecular weight excluding hydrogens is 264 g/mol. The molecule has 0 aliphatic heterocycles. The molecule has 0 heterocycles. The van der Waals surface area contributed by atoms with Crippen LogP contribution in [0.4, 0.5) is 0 Å². The van der Waals surface area contributed by atoms with E-state index in [1.165, 1.54) is 7.11 Å². The molecule has 0 aromatic heterocycles. The fraction of sp³-hybridized carbons (Fsp3) is 0.222. The molecule has 21 heavy (non-hydrogen) atoms. The second-order valence-electron chi connectivity index (χ2n) is 5.29. The van der Waals surface area contributed by atoms with Crippen LogP contribution < -0.4 is 0 Å². The first kappa shape index (κ1) is 13.6. The van der Waals surface area contributed by atoms with Crippen molar-refractivity contribution in [3.63, 3.8) is 0 Å². The first-order valence-corrected chi connectivity index (χ1v) is 6.98. The number of benzene rings is 2. The predicted molar refractivity (Wildman–Crippen MR) is 80.0 cm³/mol. The molecule has 1 aliphatic rings. The number of carbonyl (C=O) groups excluding carboxylic acids is 2. The average Bonchev–Trinajstić information content (AvgIpc) is 2.54. The maximum atomic E-state index is 12.3. The van der Waals surface area contributed by atoms with Crippen LogP contribution in [0.1, 0.15) is 22.3 Å². The van der Waals surface area contributed by atoms with Crippen molar-refractivity contribution in [3.05, 3.63) is 59.7 Å². The summed E-state index contributed by atoms with van der Waals surface area (Å²) >= 11 is 0. The Kier molecular flexibility index (Phi) is 3.57. The molecule has 2 aromatic rings. The Bertz CT molecular complexity index is 689. The van der Waals surface area contributed by atoms with Gasteiger partial charge in [-0.1, -0.05) is 42.5 Å². The van der Waals surface area contributed by atoms with E-state index in [4.69, 9.17) is 4.74 Å². The van der Waals surface area contributed by atoms with E-state index in [1.807, 2.05) is 48.5 Å². The van der Waals surface area contributed by atoms with Crippen molar-refractivity contribution in [3.8, 4) is 11.1 Å². The van der Waals surface area contributed by atoms with Gasteiger partial charge in [-0.05, 0) is 29.2 Å². The molecule has 0 N–H and O–H groups in total. The molecule has 0 spiro atoms. The van der Waals surface area contributed by atoms with Crippen molar-refractivity contribution >= 4 is 11.8 Å². The van der Waals surface area contributed by atoms with Crippen LogP contribution in [0, 0.1) is 5.92 Å². The minimum Gasteiger partial charge on any atom is -0.469 e. The van der Waals surface area contributed by atoms with Crippen LogP contribution in [0.5, 0.6) is 0 Å². The van der Waals surface area contributed by atoms with Crippen LogP contribution in [0.25, 0.3) is 11.1 Å². The van der Waals surface area contributed by atoms with Crippen LogP contribution in [0.15, 0.2) is 48.5 Å². The zero-order chi connectivity index (χ0) is 14.8. The first-order chi connectivity index (χ1) is 10.2. The normalized spacial score (nSPS) is 17.2. The van der Waals surface area contributed by atoms with Crippen LogP contribution in [0.2, 0.25) is 0 Å². The smallest absolute Gasteiger partial charge is 0.309 e. The van der Waals surface area contributed by atoms with E-state index in [0.29, 0.717) is 6.42 Å². The van der Waals surface area contributed by atoms with E-state index in [1.54, 1.807) is 0 Å². The lowest BCUT2D eigenvalue weighted by molar-refractivity contribution is -0.145. The Balaban J connectivity index is 1.96. The lowest BCUT2D eigenvalue weighted by atomic mass is 9.82. The Morgan fingerprint density at radius 2 is 1.81 bits per heavy atom. The van der Waals surface area contributed by atoms with Gasteiger partial charge in [0.1, 0.15) is 0 Å². The van der Waals surface area contributed by atoms with Crippen molar-refractivity contribution in [1.29, 1.82) is 0 Å². The predicted octanol–water partition coefficient (Wildman–Crippen LogP) is 3.27. The van der Waals surface area contributed by atoms with Crippen LogP contribution in [-0.4, -0.2) is 18.9 Å². The molecule has 3 nitrogen and oxygen atoms in total. The minimum atomic E-state index is -0.349. The van der Waals surface area contributed by atoms with Gasteiger partial charge in [0.05, 0.1) is 13.0 Å². The lowest BCUT2D eigenvalue weighted by Crippen LogP contribution is -2.27. The van der Waals surface area contributed by atoms with Gasteiger partial charge >= 0.3 is 5.97 Å². The number of hydrogen-bond donors (Lipinski definition) is 0. The first-order valence-electron chi connectivity index (χ1n) is 6.98. The summed E-state index contributed by atoms with van der Waals surface area (Å²) in [5, 5.41) is 0. The summed E-state index contributed by atoms with van der Waals surface area (Å²) in [6.07, 6.45) is 0.806. The summed E-state index contributed by atoms with van der Waals surface area (Å²) in [5.74, 6) is -0.636. The summed E-state index contributed by atoms with van der Waals surface area (Å²) in [4.78, 5) is 23.9. The van der Waals surface area contributed by atoms with Crippen molar-refractivity contribution in [2.75, 3.05) is 7.11 Å². The number of esters is 1. The van der Waals surface area contributed by atoms with Gasteiger partial charge < -0.3 is 4.74 Å². The molecule has 106 valence electrons. The third-order valence-electron chi connectivity index (χ3n) is 3.95. The van der Waals surface area contributed by atoms with Crippen LogP contribution in [-0.2, 0) is 16.0 Å². The third-order valence-corrected chi connectivity index (χ3v) is 3.95. The lowest BCUT2D eigenvalue weighted by Gasteiger charge is -2.22. The van der Waals surface area contributed by atoms with Crippen molar-refractivity contribution in [2.45, 2.75) is 12.8 Å². The zero-order valence-electron chi connectivity index (χ0n) is 11.8. The maximum absolute atomic E-state index is 12.3. The number of rotatable bonds is 2. The minimum absolute atomic E-state index is 0.0180. The van der Waals surface area contributed by atoms with Gasteiger partial charge in [0.15, 0.2) is 5.78 Å². The molecule has 1 unspecified atom stereocenters. The highest BCUT2D eigenvalue weighted by Crippen LogP contribution is 2.30. The highest BCUT2D eigenvalue weighted by molar-refractivity contribution is 6.02. The molecule has 3 heteroatoms. The Morgan fingerprint density at radius 1 is 1.05 bits per heavy atom. The topological polar surface area (TPSA) is 43.4 Å². The van der Waals surface area contributed by atoms with E-state index in [-0.39, 0.29) is 24.1 Å². The Hall–Kier alpha value is -2.42. The molecular formula is C18H16O3. The van der Waals surface area contributed by atoms with E-state index in [2.05, 4.69) is 0 Å². The molecule has 1 aliphatic carbocycles. The van der Waals surface area contributed by atoms with Gasteiger partial charge in [0.25, 0.3) is 0 Å². The maximum Gasteiger partial charge on any atom is 0.309 e. The number of ether oxygens (including phenoxy) is 1. The number of fused-ring (bicyclic) bond motifs is 1. The van der Waals surface area contributed by atoms with Crippen molar-refractivity contribution in [2.24, 2.45) is 5.92 Å². The van der Waals surface area contributed by atoms with Gasteiger partial charge in [0.2, 0.25) is 0 Å². The van der Waals surface area contributed by atoms with Crippen LogP contribution >= 0.6 is 0 Å². The summed E-state index contributed by atoms with van der Waals surface area (Å²) in [6, 6.07) is 15.8. The number of ketones is 1. The number of hydrogen-bond acceptors (Lipinski definition) is 3. The third kappa shape index (κ3) is 2.59. The molecule has 0 saturated heterocycles. The largest absolute Gasteiger partial charge is 0.469 e. The van der Waals surface area contributed by atoms with E-state index in [9.17, 15) is 9.59 Å². The van der Waals surface area contributed by atoms with Gasteiger partial charge in [-0.15, -0.1) is 0 Å². The summed E-state index contributed by atoms with van der Waals surface area (Å²) in [5.41, 5.74) is 3.78. The Morgan fingerprint density at radius 3 is 2.52 bits per heavy atom. The van der Waals surface area contributed by atoms with Gasteiger partial charge in [-0.2, -0.15) is 0 Å². The quantitative estimate of drug-likeness (QED) is 0.793. The molecule has 0 amide bonds. The number of methoxy groups -OCH3 is 1. The molecule has 0 radical (unpaired) electrons. The highest BCUT2D eigenvalue weighted by atomic mass is 16.5. The van der Waals surface area contributed by atoms with Gasteiger partial charge in [0, 0.05) is 12.0 Å². The molecule has 1 atom stereocenters. The molecule has 0 fully saturated rings.